The molecule has 1 rings (SSSR count). The summed E-state index contributed by atoms with van der Waals surface area (Å²) in [4.78, 5) is 11.2. The van der Waals surface area contributed by atoms with Gasteiger partial charge < -0.3 is 25.2 Å². The SMILES string of the molecule is CCC(=O)S[C@@H]1O[C@H](CO)[C@H](O)[C@H](O)[C@H]1O. The fraction of sp³-hybridized carbons (Fsp3) is 0.889. The highest BCUT2D eigenvalue weighted by molar-refractivity contribution is 8.14. The topological polar surface area (TPSA) is 107 Å². The van der Waals surface area contributed by atoms with Crippen LogP contribution in [0.25, 0.3) is 0 Å². The fourth-order valence-electron chi connectivity index (χ4n) is 1.38. The van der Waals surface area contributed by atoms with Gasteiger partial charge in [-0.15, -0.1) is 0 Å². The van der Waals surface area contributed by atoms with E-state index in [0.29, 0.717) is 0 Å². The summed E-state index contributed by atoms with van der Waals surface area (Å²) in [6.07, 6.45) is -4.83. The lowest BCUT2D eigenvalue weighted by atomic mass is 10.0. The molecule has 0 aromatic carbocycles. The Hall–Kier alpha value is -0.180. The zero-order valence-corrected chi connectivity index (χ0v) is 9.63. The minimum Gasteiger partial charge on any atom is -0.394 e. The first kappa shape index (κ1) is 13.9. The molecule has 0 bridgehead atoms. The van der Waals surface area contributed by atoms with Gasteiger partial charge in [-0.25, -0.2) is 0 Å². The molecule has 0 aliphatic carbocycles. The first-order valence-corrected chi connectivity index (χ1v) is 5.89. The van der Waals surface area contributed by atoms with Gasteiger partial charge in [0.05, 0.1) is 6.61 Å². The summed E-state index contributed by atoms with van der Waals surface area (Å²) < 4.78 is 5.14. The summed E-state index contributed by atoms with van der Waals surface area (Å²) in [5, 5.41) is 37.2. The molecule has 0 spiro atoms. The van der Waals surface area contributed by atoms with Crippen molar-refractivity contribution in [2.45, 2.75) is 43.2 Å². The highest BCUT2D eigenvalue weighted by Gasteiger charge is 2.44. The number of aliphatic hydroxyl groups is 4. The average Bonchev–Trinajstić information content (AvgIpc) is 2.29. The van der Waals surface area contributed by atoms with Crippen LogP contribution >= 0.6 is 11.8 Å². The minimum atomic E-state index is -1.42. The van der Waals surface area contributed by atoms with Crippen molar-refractivity contribution >= 4 is 16.9 Å². The predicted molar refractivity (Wildman–Crippen MR) is 56.7 cm³/mol. The van der Waals surface area contributed by atoms with Gasteiger partial charge in [-0.2, -0.15) is 0 Å². The molecular formula is C9H16O6S. The van der Waals surface area contributed by atoms with Crippen LogP contribution in [-0.4, -0.2) is 62.0 Å². The normalized spacial score (nSPS) is 39.7. The van der Waals surface area contributed by atoms with Gasteiger partial charge in [-0.05, 0) is 0 Å². The highest BCUT2D eigenvalue weighted by Crippen LogP contribution is 2.29. The molecule has 0 aromatic heterocycles. The van der Waals surface area contributed by atoms with Gasteiger partial charge >= 0.3 is 0 Å². The van der Waals surface area contributed by atoms with Gasteiger partial charge in [0.2, 0.25) is 0 Å². The first-order valence-electron chi connectivity index (χ1n) is 5.01. The van der Waals surface area contributed by atoms with Crippen molar-refractivity contribution < 1.29 is 30.0 Å². The van der Waals surface area contributed by atoms with E-state index in [2.05, 4.69) is 0 Å². The van der Waals surface area contributed by atoms with E-state index in [0.717, 1.165) is 11.8 Å². The highest BCUT2D eigenvalue weighted by atomic mass is 32.2. The molecule has 1 saturated heterocycles. The molecule has 0 amide bonds. The van der Waals surface area contributed by atoms with E-state index < -0.39 is 36.5 Å². The molecule has 1 aliphatic rings. The van der Waals surface area contributed by atoms with Crippen LogP contribution < -0.4 is 0 Å². The van der Waals surface area contributed by atoms with Gasteiger partial charge in [0, 0.05) is 6.42 Å². The Labute approximate surface area is 97.2 Å². The molecule has 1 aliphatic heterocycles. The molecule has 0 radical (unpaired) electrons. The van der Waals surface area contributed by atoms with Crippen LogP contribution in [0.5, 0.6) is 0 Å². The number of ether oxygens (including phenoxy) is 1. The van der Waals surface area contributed by atoms with Crippen LogP contribution in [0.4, 0.5) is 0 Å². The summed E-state index contributed by atoms with van der Waals surface area (Å²) >= 11 is 0.760. The second-order valence-corrected chi connectivity index (χ2v) is 4.70. The van der Waals surface area contributed by atoms with E-state index >= 15 is 0 Å². The molecule has 6 nitrogen and oxygen atoms in total. The zero-order chi connectivity index (χ0) is 12.3. The molecule has 7 heteroatoms. The van der Waals surface area contributed by atoms with Gasteiger partial charge in [-0.3, -0.25) is 4.79 Å². The standard InChI is InChI=1S/C9H16O6S/c1-2-5(11)16-9-8(14)7(13)6(12)4(3-10)15-9/h4,6-10,12-14H,2-3H2,1H3/t4-,6+,7+,8-,9+/m1/s1. The number of carbonyl (C=O) groups is 1. The van der Waals surface area contributed by atoms with Crippen LogP contribution in [0.2, 0.25) is 0 Å². The Morgan fingerprint density at radius 1 is 1.25 bits per heavy atom. The van der Waals surface area contributed by atoms with E-state index in [9.17, 15) is 20.1 Å². The van der Waals surface area contributed by atoms with Crippen molar-refractivity contribution in [3.63, 3.8) is 0 Å². The summed E-state index contributed by atoms with van der Waals surface area (Å²) in [6.45, 7) is 1.18. The minimum absolute atomic E-state index is 0.190. The Balaban J connectivity index is 2.67. The third-order valence-electron chi connectivity index (χ3n) is 2.38. The number of hydrogen-bond donors (Lipinski definition) is 4. The Kier molecular flexibility index (Phi) is 5.16. The van der Waals surface area contributed by atoms with Crippen LogP contribution in [0.15, 0.2) is 0 Å². The largest absolute Gasteiger partial charge is 0.394 e. The van der Waals surface area contributed by atoms with Crippen LogP contribution in [0, 0.1) is 0 Å². The van der Waals surface area contributed by atoms with E-state index in [-0.39, 0.29) is 11.5 Å². The van der Waals surface area contributed by atoms with Gasteiger partial charge in [0.1, 0.15) is 29.9 Å². The number of carbonyl (C=O) groups excluding carboxylic acids is 1. The lowest BCUT2D eigenvalue weighted by molar-refractivity contribution is -0.205. The Bertz CT molecular complexity index is 246. The van der Waals surface area contributed by atoms with Gasteiger partial charge in [0.25, 0.3) is 0 Å². The van der Waals surface area contributed by atoms with E-state index in [1.54, 1.807) is 6.92 Å². The van der Waals surface area contributed by atoms with Gasteiger partial charge in [0.15, 0.2) is 5.12 Å². The first-order chi connectivity index (χ1) is 7.51. The van der Waals surface area contributed by atoms with Crippen LogP contribution in [0.3, 0.4) is 0 Å². The maximum absolute atomic E-state index is 11.2. The fourth-order valence-corrected chi connectivity index (χ4v) is 2.30. The molecule has 16 heavy (non-hydrogen) atoms. The van der Waals surface area contributed by atoms with Crippen molar-refractivity contribution in [2.75, 3.05) is 6.61 Å². The zero-order valence-electron chi connectivity index (χ0n) is 8.81. The number of rotatable bonds is 3. The van der Waals surface area contributed by atoms with Crippen molar-refractivity contribution in [3.8, 4) is 0 Å². The van der Waals surface area contributed by atoms with Gasteiger partial charge in [-0.1, -0.05) is 18.7 Å². The molecule has 1 heterocycles. The maximum atomic E-state index is 11.2. The molecule has 0 saturated carbocycles. The lowest BCUT2D eigenvalue weighted by Crippen LogP contribution is -2.57. The lowest BCUT2D eigenvalue weighted by Gasteiger charge is -2.39. The molecule has 4 N–H and O–H groups in total. The van der Waals surface area contributed by atoms with Crippen molar-refractivity contribution in [1.82, 2.24) is 0 Å². The second kappa shape index (κ2) is 5.95. The van der Waals surface area contributed by atoms with E-state index in [4.69, 9.17) is 9.84 Å². The number of hydrogen-bond acceptors (Lipinski definition) is 7. The van der Waals surface area contributed by atoms with Crippen LogP contribution in [-0.2, 0) is 9.53 Å². The molecule has 0 aromatic rings. The maximum Gasteiger partial charge on any atom is 0.191 e. The van der Waals surface area contributed by atoms with Crippen molar-refractivity contribution in [1.29, 1.82) is 0 Å². The molecule has 1 fully saturated rings. The molecule has 5 atom stereocenters. The molecule has 94 valence electrons. The summed E-state index contributed by atoms with van der Waals surface area (Å²) in [5.74, 6) is 0. The number of thioether (sulfide) groups is 1. The third-order valence-corrected chi connectivity index (χ3v) is 3.56. The molecule has 0 unspecified atom stereocenters. The monoisotopic (exact) mass is 252 g/mol. The quantitative estimate of drug-likeness (QED) is 0.482. The Morgan fingerprint density at radius 2 is 1.88 bits per heavy atom. The third kappa shape index (κ3) is 2.93. The Morgan fingerprint density at radius 3 is 2.38 bits per heavy atom. The van der Waals surface area contributed by atoms with Crippen molar-refractivity contribution in [2.24, 2.45) is 0 Å². The summed E-state index contributed by atoms with van der Waals surface area (Å²) in [7, 11) is 0. The number of aliphatic hydroxyl groups excluding tert-OH is 4. The van der Waals surface area contributed by atoms with Crippen molar-refractivity contribution in [3.05, 3.63) is 0 Å². The summed E-state index contributed by atoms with van der Waals surface area (Å²) in [6, 6.07) is 0. The van der Waals surface area contributed by atoms with E-state index in [1.807, 2.05) is 0 Å². The average molecular weight is 252 g/mol. The second-order valence-electron chi connectivity index (χ2n) is 3.54. The molecular weight excluding hydrogens is 236 g/mol. The predicted octanol–water partition coefficient (Wildman–Crippen LogP) is -1.54. The smallest absolute Gasteiger partial charge is 0.191 e. The summed E-state index contributed by atoms with van der Waals surface area (Å²) in [5.41, 5.74) is -0.956. The van der Waals surface area contributed by atoms with Crippen LogP contribution in [0.1, 0.15) is 13.3 Å². The van der Waals surface area contributed by atoms with E-state index in [1.165, 1.54) is 0 Å².